The number of allylic oxidation sites excluding steroid dienone is 4. The maximum Gasteiger partial charge on any atom is 0 e. The minimum absolute atomic E-state index is 0. The molecule has 0 spiro atoms. The van der Waals surface area contributed by atoms with Crippen LogP contribution in [0.5, 0.6) is 0 Å². The fourth-order valence-electron chi connectivity index (χ4n) is 1.41. The molecule has 4 heteroatoms. The van der Waals surface area contributed by atoms with Crippen molar-refractivity contribution in [3.05, 3.63) is 48.2 Å². The summed E-state index contributed by atoms with van der Waals surface area (Å²) in [5.74, 6) is 1.47. The van der Waals surface area contributed by atoms with E-state index >= 15 is 0 Å². The number of hydrogen-bond acceptors (Lipinski definition) is 0. The standard InChI is InChI=1S/C10H15.3CO.Mn/c1-6-7(2)9(4)10(5)8(6)3;3*1-2;/h1-5H3;;;;. The van der Waals surface area contributed by atoms with Crippen molar-refractivity contribution in [1.29, 1.82) is 0 Å². The molecule has 0 atom stereocenters. The van der Waals surface area contributed by atoms with Crippen LogP contribution in [0.25, 0.3) is 0 Å². The van der Waals surface area contributed by atoms with E-state index in [1.54, 1.807) is 0 Å². The second-order valence-corrected chi connectivity index (χ2v) is 3.12. The van der Waals surface area contributed by atoms with E-state index in [4.69, 9.17) is 14.0 Å². The molecule has 0 N–H and O–H groups in total. The predicted octanol–water partition coefficient (Wildman–Crippen LogP) is 3.15. The maximum atomic E-state index is 7.50. The van der Waals surface area contributed by atoms with Gasteiger partial charge in [-0.15, -0.1) is 0 Å². The average Bonchev–Trinajstić information content (AvgIpc) is 2.55. The van der Waals surface area contributed by atoms with E-state index in [2.05, 4.69) is 54.6 Å². The van der Waals surface area contributed by atoms with Crippen LogP contribution in [0.4, 0.5) is 0 Å². The summed E-state index contributed by atoms with van der Waals surface area (Å²) in [6.07, 6.45) is 0. The summed E-state index contributed by atoms with van der Waals surface area (Å²) in [7, 11) is 0. The first kappa shape index (κ1) is 25.2. The van der Waals surface area contributed by atoms with E-state index in [0.717, 1.165) is 0 Å². The molecule has 0 heterocycles. The number of rotatable bonds is 0. The summed E-state index contributed by atoms with van der Waals surface area (Å²) >= 11 is 0. The van der Waals surface area contributed by atoms with Gasteiger partial charge in [0.1, 0.15) is 0 Å². The van der Waals surface area contributed by atoms with Gasteiger partial charge in [-0.25, -0.2) is 0 Å². The molecule has 0 unspecified atom stereocenters. The van der Waals surface area contributed by atoms with Crippen LogP contribution in [0.2, 0.25) is 0 Å². The summed E-state index contributed by atoms with van der Waals surface area (Å²) in [4.78, 5) is 0. The predicted molar refractivity (Wildman–Crippen MR) is 57.5 cm³/mol. The Morgan fingerprint density at radius 2 is 0.706 bits per heavy atom. The van der Waals surface area contributed by atoms with Crippen LogP contribution in [-0.4, -0.2) is 0 Å². The van der Waals surface area contributed by atoms with Crippen LogP contribution in [0, 0.1) is 25.9 Å². The molecule has 0 bridgehead atoms. The van der Waals surface area contributed by atoms with Gasteiger partial charge in [-0.3, -0.25) is 0 Å². The van der Waals surface area contributed by atoms with Crippen molar-refractivity contribution < 1.29 is 31.0 Å². The van der Waals surface area contributed by atoms with Gasteiger partial charge in [-0.2, -0.15) is 0 Å². The van der Waals surface area contributed by atoms with Crippen molar-refractivity contribution in [2.45, 2.75) is 34.6 Å². The minimum Gasteiger partial charge on any atom is 0 e. The quantitative estimate of drug-likeness (QED) is 0.370. The zero-order valence-corrected chi connectivity index (χ0v) is 11.8. The Morgan fingerprint density at radius 1 is 0.529 bits per heavy atom. The van der Waals surface area contributed by atoms with Gasteiger partial charge in [0.25, 0.3) is 0 Å². The van der Waals surface area contributed by atoms with Crippen LogP contribution in [0.15, 0.2) is 22.3 Å². The summed E-state index contributed by atoms with van der Waals surface area (Å²) in [6, 6.07) is 0. The molecule has 0 saturated carbocycles. The molecular weight excluding hydrogens is 259 g/mol. The van der Waals surface area contributed by atoms with Crippen molar-refractivity contribution in [3.63, 3.8) is 0 Å². The number of hydrogen-bond donors (Lipinski definition) is 0. The Bertz CT molecular complexity index is 294. The van der Waals surface area contributed by atoms with Crippen LogP contribution >= 0.6 is 0 Å². The Balaban J connectivity index is -0.000000106. The van der Waals surface area contributed by atoms with Gasteiger partial charge in [-0.05, 0) is 38.8 Å². The minimum atomic E-state index is 0. The molecule has 1 aliphatic carbocycles. The monoisotopic (exact) mass is 274 g/mol. The Labute approximate surface area is 114 Å². The van der Waals surface area contributed by atoms with Gasteiger partial charge >= 0.3 is 33.9 Å². The molecule has 0 aromatic rings. The normalized spacial score (nSPS) is 12.9. The molecular formula is C13H15MnO3. The molecule has 0 amide bonds. The van der Waals surface area contributed by atoms with Crippen molar-refractivity contribution in [2.75, 3.05) is 0 Å². The largest absolute Gasteiger partial charge is 0 e. The zero-order chi connectivity index (χ0) is 13.9. The Hall–Kier alpha value is -0.781. The van der Waals surface area contributed by atoms with Gasteiger partial charge in [-0.1, -0.05) is 18.1 Å². The van der Waals surface area contributed by atoms with Crippen molar-refractivity contribution in [2.24, 2.45) is 0 Å². The molecule has 1 aliphatic rings. The molecule has 0 saturated heterocycles. The van der Waals surface area contributed by atoms with Gasteiger partial charge in [0, 0.05) is 23.0 Å². The first-order valence-corrected chi connectivity index (χ1v) is 4.36. The van der Waals surface area contributed by atoms with Crippen molar-refractivity contribution in [3.8, 4) is 0 Å². The van der Waals surface area contributed by atoms with Crippen LogP contribution in [-0.2, 0) is 31.0 Å². The van der Waals surface area contributed by atoms with E-state index in [1.807, 2.05) is 0 Å². The van der Waals surface area contributed by atoms with Gasteiger partial charge in [0.2, 0.25) is 0 Å². The fraction of sp³-hybridized carbons (Fsp3) is 0.385. The second kappa shape index (κ2) is 15.2. The van der Waals surface area contributed by atoms with Gasteiger partial charge in [0.05, 0.1) is 0 Å². The molecule has 17 heavy (non-hydrogen) atoms. The molecule has 0 fully saturated rings. The van der Waals surface area contributed by atoms with Crippen molar-refractivity contribution in [1.82, 2.24) is 0 Å². The zero-order valence-electron chi connectivity index (χ0n) is 10.6. The third-order valence-electron chi connectivity index (χ3n) is 2.81. The smallest absolute Gasteiger partial charge is 0 e. The second-order valence-electron chi connectivity index (χ2n) is 3.12. The molecule has 2 radical (unpaired) electrons. The summed E-state index contributed by atoms with van der Waals surface area (Å²) in [5, 5.41) is 0. The molecule has 0 aliphatic heterocycles. The molecule has 3 nitrogen and oxygen atoms in total. The third-order valence-corrected chi connectivity index (χ3v) is 2.81. The first-order chi connectivity index (χ1) is 7.55. The summed E-state index contributed by atoms with van der Waals surface area (Å²) in [6.45, 7) is 24.5. The maximum absolute atomic E-state index is 7.50. The van der Waals surface area contributed by atoms with E-state index in [0.29, 0.717) is 0 Å². The average molecular weight is 274 g/mol. The topological polar surface area (TPSA) is 59.7 Å². The molecule has 0 aromatic heterocycles. The van der Waals surface area contributed by atoms with Crippen LogP contribution in [0.3, 0.4) is 0 Å². The van der Waals surface area contributed by atoms with E-state index in [9.17, 15) is 0 Å². The van der Waals surface area contributed by atoms with Gasteiger partial charge < -0.3 is 0 Å². The Morgan fingerprint density at radius 3 is 0.765 bits per heavy atom. The van der Waals surface area contributed by atoms with Crippen molar-refractivity contribution >= 4 is 0 Å². The Kier molecular flexibility index (Phi) is 22.5. The summed E-state index contributed by atoms with van der Waals surface area (Å²) in [5.41, 5.74) is 5.87. The molecule has 1 rings (SSSR count). The molecule has 92 valence electrons. The third kappa shape index (κ3) is 7.20. The fourth-order valence-corrected chi connectivity index (χ4v) is 1.41. The van der Waals surface area contributed by atoms with E-state index in [-0.39, 0.29) is 17.1 Å². The SMILES string of the molecule is C[C]1C(C)=C(C)C(C)=C1C.[C-]#[O+].[C-]#[O+].[C-]#[O+].[Mn]. The van der Waals surface area contributed by atoms with Crippen LogP contribution in [0.1, 0.15) is 34.6 Å². The molecule has 0 aromatic carbocycles. The van der Waals surface area contributed by atoms with E-state index in [1.165, 1.54) is 28.2 Å². The first-order valence-electron chi connectivity index (χ1n) is 4.36. The van der Waals surface area contributed by atoms with Gasteiger partial charge in [0.15, 0.2) is 0 Å². The van der Waals surface area contributed by atoms with Crippen LogP contribution < -0.4 is 0 Å². The summed E-state index contributed by atoms with van der Waals surface area (Å²) < 4.78 is 22.5. The van der Waals surface area contributed by atoms with E-state index < -0.39 is 0 Å².